The first-order valence-electron chi connectivity index (χ1n) is 12.2. The fourth-order valence-corrected chi connectivity index (χ4v) is 5.04. The Morgan fingerprint density at radius 2 is 1.62 bits per heavy atom. The van der Waals surface area contributed by atoms with Gasteiger partial charge in [0.15, 0.2) is 5.78 Å². The van der Waals surface area contributed by atoms with Gasteiger partial charge in [-0.3, -0.25) is 19.3 Å². The SMILES string of the molecule is O=C(CN1CCC(NC(=O)C2CCCCC2)CC1)Nc1ccc(Cl)cc1C(=O)c1ccccc1. The van der Waals surface area contributed by atoms with E-state index in [9.17, 15) is 14.4 Å². The van der Waals surface area contributed by atoms with Gasteiger partial charge in [-0.25, -0.2) is 0 Å². The highest BCUT2D eigenvalue weighted by Gasteiger charge is 2.26. The van der Waals surface area contributed by atoms with Gasteiger partial charge in [0.1, 0.15) is 0 Å². The average molecular weight is 482 g/mol. The number of amides is 2. The maximum atomic E-state index is 13.0. The summed E-state index contributed by atoms with van der Waals surface area (Å²) in [4.78, 5) is 40.4. The number of benzene rings is 2. The maximum absolute atomic E-state index is 13.0. The van der Waals surface area contributed by atoms with Crippen molar-refractivity contribution in [3.05, 3.63) is 64.7 Å². The van der Waals surface area contributed by atoms with Gasteiger partial charge in [-0.1, -0.05) is 61.2 Å². The van der Waals surface area contributed by atoms with Gasteiger partial charge in [-0.2, -0.15) is 0 Å². The Labute approximate surface area is 206 Å². The number of halogens is 1. The number of piperidine rings is 1. The zero-order valence-corrected chi connectivity index (χ0v) is 20.2. The Kier molecular flexibility index (Phi) is 8.35. The average Bonchev–Trinajstić information content (AvgIpc) is 2.87. The molecule has 1 aliphatic heterocycles. The lowest BCUT2D eigenvalue weighted by molar-refractivity contribution is -0.127. The Morgan fingerprint density at radius 1 is 0.912 bits per heavy atom. The van der Waals surface area contributed by atoms with Crippen molar-refractivity contribution in [2.75, 3.05) is 25.0 Å². The van der Waals surface area contributed by atoms with E-state index in [1.807, 2.05) is 6.07 Å². The molecule has 180 valence electrons. The van der Waals surface area contributed by atoms with Gasteiger partial charge in [-0.15, -0.1) is 0 Å². The van der Waals surface area contributed by atoms with E-state index in [4.69, 9.17) is 11.6 Å². The zero-order valence-electron chi connectivity index (χ0n) is 19.4. The first-order chi connectivity index (χ1) is 16.5. The molecule has 0 unspecified atom stereocenters. The summed E-state index contributed by atoms with van der Waals surface area (Å²) in [6, 6.07) is 14.0. The van der Waals surface area contributed by atoms with Crippen molar-refractivity contribution in [1.82, 2.24) is 10.2 Å². The Morgan fingerprint density at radius 3 is 2.32 bits per heavy atom. The van der Waals surface area contributed by atoms with E-state index in [1.54, 1.807) is 42.5 Å². The molecule has 1 saturated carbocycles. The third kappa shape index (κ3) is 6.45. The van der Waals surface area contributed by atoms with Crippen LogP contribution in [0.1, 0.15) is 60.9 Å². The standard InChI is InChI=1S/C27H32ClN3O3/c28-21-11-12-24(23(17-21)26(33)19-7-3-1-4-8-19)30-25(32)18-31-15-13-22(14-16-31)29-27(34)20-9-5-2-6-10-20/h1,3-4,7-8,11-12,17,20,22H,2,5-6,9-10,13-16,18H2,(H,29,34)(H,30,32). The van der Waals surface area contributed by atoms with E-state index >= 15 is 0 Å². The van der Waals surface area contributed by atoms with Gasteiger partial charge in [0.25, 0.3) is 0 Å². The molecule has 0 spiro atoms. The maximum Gasteiger partial charge on any atom is 0.238 e. The molecule has 2 aliphatic rings. The Hall–Kier alpha value is -2.70. The fourth-order valence-electron chi connectivity index (χ4n) is 4.87. The molecule has 2 aromatic carbocycles. The lowest BCUT2D eigenvalue weighted by Gasteiger charge is -2.33. The quantitative estimate of drug-likeness (QED) is 0.563. The van der Waals surface area contributed by atoms with Gasteiger partial charge in [0.2, 0.25) is 11.8 Å². The van der Waals surface area contributed by atoms with E-state index in [2.05, 4.69) is 15.5 Å². The lowest BCUT2D eigenvalue weighted by Crippen LogP contribution is -2.48. The molecular formula is C27H32ClN3O3. The van der Waals surface area contributed by atoms with Crippen LogP contribution in [-0.4, -0.2) is 48.2 Å². The van der Waals surface area contributed by atoms with E-state index in [0.29, 0.717) is 21.8 Å². The van der Waals surface area contributed by atoms with Crippen LogP contribution in [0.4, 0.5) is 5.69 Å². The highest BCUT2D eigenvalue weighted by Crippen LogP contribution is 2.25. The van der Waals surface area contributed by atoms with Crippen LogP contribution < -0.4 is 10.6 Å². The number of nitrogens with zero attached hydrogens (tertiary/aromatic N) is 1. The normalized spacial score (nSPS) is 17.8. The van der Waals surface area contributed by atoms with Crippen molar-refractivity contribution in [3.63, 3.8) is 0 Å². The molecule has 1 saturated heterocycles. The first kappa shape index (κ1) is 24.4. The largest absolute Gasteiger partial charge is 0.353 e. The summed E-state index contributed by atoms with van der Waals surface area (Å²) in [5, 5.41) is 6.56. The molecule has 0 atom stereocenters. The fraction of sp³-hybridized carbons (Fsp3) is 0.444. The third-order valence-electron chi connectivity index (χ3n) is 6.81. The molecule has 34 heavy (non-hydrogen) atoms. The number of hydrogen-bond donors (Lipinski definition) is 2. The molecule has 4 rings (SSSR count). The van der Waals surface area contributed by atoms with E-state index in [-0.39, 0.29) is 36.1 Å². The molecule has 2 N–H and O–H groups in total. The van der Waals surface area contributed by atoms with Crippen LogP contribution in [0, 0.1) is 5.92 Å². The van der Waals surface area contributed by atoms with Gasteiger partial charge in [0.05, 0.1) is 12.2 Å². The van der Waals surface area contributed by atoms with Crippen molar-refractivity contribution >= 4 is 34.9 Å². The summed E-state index contributed by atoms with van der Waals surface area (Å²) in [6.45, 7) is 1.74. The van der Waals surface area contributed by atoms with Crippen LogP contribution in [0.15, 0.2) is 48.5 Å². The molecule has 0 bridgehead atoms. The van der Waals surface area contributed by atoms with Gasteiger partial charge in [-0.05, 0) is 43.9 Å². The molecule has 2 fully saturated rings. The minimum absolute atomic E-state index is 0.171. The van der Waals surface area contributed by atoms with E-state index < -0.39 is 0 Å². The summed E-state index contributed by atoms with van der Waals surface area (Å²) in [5.74, 6) is 0.0148. The number of anilines is 1. The number of nitrogens with one attached hydrogen (secondary N) is 2. The molecule has 2 amide bonds. The molecule has 1 aliphatic carbocycles. The molecule has 1 heterocycles. The highest BCUT2D eigenvalue weighted by molar-refractivity contribution is 6.31. The summed E-state index contributed by atoms with van der Waals surface area (Å²) in [7, 11) is 0. The van der Waals surface area contributed by atoms with Crippen molar-refractivity contribution in [2.45, 2.75) is 51.0 Å². The van der Waals surface area contributed by atoms with E-state index in [1.165, 1.54) is 6.42 Å². The first-order valence-corrected chi connectivity index (χ1v) is 12.6. The van der Waals surface area contributed by atoms with Crippen LogP contribution in [0.3, 0.4) is 0 Å². The van der Waals surface area contributed by atoms with Gasteiger partial charge in [0, 0.05) is 41.2 Å². The number of hydrogen-bond acceptors (Lipinski definition) is 4. The van der Waals surface area contributed by atoms with Crippen LogP contribution in [-0.2, 0) is 9.59 Å². The Bertz CT molecular complexity index is 1010. The smallest absolute Gasteiger partial charge is 0.238 e. The second-order valence-corrected chi connectivity index (χ2v) is 9.76. The number of ketones is 1. The predicted octanol–water partition coefficient (Wildman–Crippen LogP) is 4.67. The van der Waals surface area contributed by atoms with Crippen LogP contribution >= 0.6 is 11.6 Å². The molecular weight excluding hydrogens is 450 g/mol. The monoisotopic (exact) mass is 481 g/mol. The molecule has 7 heteroatoms. The number of likely N-dealkylation sites (tertiary alicyclic amines) is 1. The van der Waals surface area contributed by atoms with Crippen molar-refractivity contribution in [1.29, 1.82) is 0 Å². The second-order valence-electron chi connectivity index (χ2n) is 9.33. The number of carbonyl (C=O) groups is 3. The summed E-state index contributed by atoms with van der Waals surface area (Å²) < 4.78 is 0. The molecule has 6 nitrogen and oxygen atoms in total. The summed E-state index contributed by atoms with van der Waals surface area (Å²) in [5.41, 5.74) is 1.37. The Balaban J connectivity index is 1.29. The summed E-state index contributed by atoms with van der Waals surface area (Å²) >= 11 is 6.14. The third-order valence-corrected chi connectivity index (χ3v) is 7.05. The second kappa shape index (κ2) is 11.6. The van der Waals surface area contributed by atoms with Crippen LogP contribution in [0.5, 0.6) is 0 Å². The lowest BCUT2D eigenvalue weighted by atomic mass is 9.88. The minimum Gasteiger partial charge on any atom is -0.353 e. The van der Waals surface area contributed by atoms with Crippen molar-refractivity contribution in [3.8, 4) is 0 Å². The molecule has 2 aromatic rings. The highest BCUT2D eigenvalue weighted by atomic mass is 35.5. The van der Waals surface area contributed by atoms with Gasteiger partial charge >= 0.3 is 0 Å². The number of carbonyl (C=O) groups excluding carboxylic acids is 3. The minimum atomic E-state index is -0.187. The predicted molar refractivity (Wildman–Crippen MR) is 134 cm³/mol. The van der Waals surface area contributed by atoms with Crippen molar-refractivity contribution in [2.24, 2.45) is 5.92 Å². The van der Waals surface area contributed by atoms with Gasteiger partial charge < -0.3 is 10.6 Å². The molecule has 0 radical (unpaired) electrons. The molecule has 0 aromatic heterocycles. The van der Waals surface area contributed by atoms with Crippen LogP contribution in [0.25, 0.3) is 0 Å². The number of rotatable bonds is 7. The van der Waals surface area contributed by atoms with Crippen molar-refractivity contribution < 1.29 is 14.4 Å². The zero-order chi connectivity index (χ0) is 23.9. The topological polar surface area (TPSA) is 78.5 Å². The van der Waals surface area contributed by atoms with Crippen LogP contribution in [0.2, 0.25) is 5.02 Å². The summed E-state index contributed by atoms with van der Waals surface area (Å²) in [6.07, 6.45) is 7.22. The van der Waals surface area contributed by atoms with E-state index in [0.717, 1.165) is 51.6 Å².